The summed E-state index contributed by atoms with van der Waals surface area (Å²) in [5, 5.41) is 21.7. The fraction of sp³-hybridized carbons (Fsp3) is 0.760. The molecule has 0 aromatic rings. The molecular weight excluding hydrogens is 546 g/mol. The van der Waals surface area contributed by atoms with Crippen LogP contribution in [0, 0.1) is 5.92 Å². The Morgan fingerprint density at radius 1 is 0.561 bits per heavy atom. The molecule has 41 heavy (non-hydrogen) atoms. The molecule has 0 fully saturated rings. The van der Waals surface area contributed by atoms with Crippen LogP contribution in [0.1, 0.15) is 33.1 Å². The van der Waals surface area contributed by atoms with Crippen molar-refractivity contribution in [2.75, 3.05) is 85.6 Å². The molecular formula is C25H45N5O11. The second-order valence-corrected chi connectivity index (χ2v) is 8.63. The van der Waals surface area contributed by atoms with Crippen molar-refractivity contribution in [2.45, 2.75) is 33.1 Å². The van der Waals surface area contributed by atoms with E-state index in [4.69, 9.17) is 24.1 Å². The molecule has 1 unspecified atom stereocenters. The zero-order chi connectivity index (χ0) is 30.7. The molecule has 6 N–H and O–H groups in total. The number of rotatable bonds is 26. The van der Waals surface area contributed by atoms with Gasteiger partial charge in [-0.1, -0.05) is 13.8 Å². The van der Waals surface area contributed by atoms with Gasteiger partial charge in [0, 0.05) is 52.0 Å². The van der Waals surface area contributed by atoms with Gasteiger partial charge in [-0.15, -0.1) is 0 Å². The van der Waals surface area contributed by atoms with Gasteiger partial charge in [-0.25, -0.2) is 0 Å². The third-order valence-corrected chi connectivity index (χ3v) is 5.03. The standard InChI is InChI=1S/C25H45N5O11/c1-3-20(31)29-8-10-38-12-15-41-18-24(35)30-9-11-39-13-14-40-17-23(34)28-7-6-27-21(32)4-5-26-22(33)16-19(2)25(36)37/h19H,3-18H2,1-2H3,(H,26,33)(H,27,32)(H,28,34)(H,29,31)(H,30,35)(H,36,37). The average molecular weight is 592 g/mol. The third kappa shape index (κ3) is 25.4. The highest BCUT2D eigenvalue weighted by Crippen LogP contribution is 2.00. The molecule has 1 atom stereocenters. The van der Waals surface area contributed by atoms with Gasteiger partial charge in [-0.3, -0.25) is 28.8 Å². The summed E-state index contributed by atoms with van der Waals surface area (Å²) in [6, 6.07) is 0. The largest absolute Gasteiger partial charge is 0.481 e. The van der Waals surface area contributed by atoms with Gasteiger partial charge < -0.3 is 50.6 Å². The van der Waals surface area contributed by atoms with E-state index in [1.54, 1.807) is 6.92 Å². The summed E-state index contributed by atoms with van der Waals surface area (Å²) in [5.41, 5.74) is 0. The fourth-order valence-corrected chi connectivity index (χ4v) is 2.77. The lowest BCUT2D eigenvalue weighted by molar-refractivity contribution is -0.143. The molecule has 0 aromatic carbocycles. The van der Waals surface area contributed by atoms with E-state index in [9.17, 15) is 28.8 Å². The highest BCUT2D eigenvalue weighted by Gasteiger charge is 2.15. The molecule has 0 rings (SSSR count). The maximum absolute atomic E-state index is 11.7. The van der Waals surface area contributed by atoms with E-state index in [2.05, 4.69) is 26.6 Å². The Balaban J connectivity index is 3.48. The molecule has 0 spiro atoms. The predicted molar refractivity (Wildman–Crippen MR) is 145 cm³/mol. The van der Waals surface area contributed by atoms with E-state index in [1.165, 1.54) is 6.92 Å². The Kier molecular flexibility index (Phi) is 23.5. The van der Waals surface area contributed by atoms with E-state index in [1.807, 2.05) is 0 Å². The zero-order valence-electron chi connectivity index (χ0n) is 23.9. The highest BCUT2D eigenvalue weighted by atomic mass is 16.5. The van der Waals surface area contributed by atoms with Crippen LogP contribution in [0.15, 0.2) is 0 Å². The second kappa shape index (κ2) is 25.6. The quantitative estimate of drug-likeness (QED) is 0.0580. The maximum atomic E-state index is 11.7. The minimum absolute atomic E-state index is 0.0280. The SMILES string of the molecule is CCC(=O)NCCOCCOCC(=O)NCCOCCOCC(=O)NCCNC(=O)CCNC(=O)CC(C)C(=O)O. The maximum Gasteiger partial charge on any atom is 0.306 e. The van der Waals surface area contributed by atoms with Gasteiger partial charge in [0.25, 0.3) is 0 Å². The molecule has 0 bridgehead atoms. The Hall–Kier alpha value is -3.34. The van der Waals surface area contributed by atoms with Crippen LogP contribution in [0.2, 0.25) is 0 Å². The first-order valence-electron chi connectivity index (χ1n) is 13.5. The molecule has 0 heterocycles. The summed E-state index contributed by atoms with van der Waals surface area (Å²) < 4.78 is 21.0. The van der Waals surface area contributed by atoms with Crippen molar-refractivity contribution in [3.05, 3.63) is 0 Å². The van der Waals surface area contributed by atoms with E-state index < -0.39 is 17.8 Å². The van der Waals surface area contributed by atoms with E-state index in [0.29, 0.717) is 32.7 Å². The van der Waals surface area contributed by atoms with Crippen LogP contribution in [0.3, 0.4) is 0 Å². The predicted octanol–water partition coefficient (Wildman–Crippen LogP) is -2.46. The smallest absolute Gasteiger partial charge is 0.306 e. The third-order valence-electron chi connectivity index (χ3n) is 5.03. The molecule has 5 amide bonds. The number of carboxylic acids is 1. The lowest BCUT2D eigenvalue weighted by Crippen LogP contribution is -2.37. The number of ether oxygens (including phenoxy) is 4. The number of hydrogen-bond donors (Lipinski definition) is 6. The first-order valence-corrected chi connectivity index (χ1v) is 13.5. The van der Waals surface area contributed by atoms with Crippen molar-refractivity contribution in [1.29, 1.82) is 0 Å². The van der Waals surface area contributed by atoms with Crippen molar-refractivity contribution in [2.24, 2.45) is 5.92 Å². The number of nitrogens with one attached hydrogen (secondary N) is 5. The van der Waals surface area contributed by atoms with Gasteiger partial charge in [0.05, 0.1) is 45.6 Å². The van der Waals surface area contributed by atoms with Crippen LogP contribution in [0.25, 0.3) is 0 Å². The van der Waals surface area contributed by atoms with Crippen molar-refractivity contribution >= 4 is 35.5 Å². The second-order valence-electron chi connectivity index (χ2n) is 8.63. The van der Waals surface area contributed by atoms with Crippen LogP contribution in [0.5, 0.6) is 0 Å². The molecule has 0 radical (unpaired) electrons. The number of carboxylic acid groups (broad SMARTS) is 1. The van der Waals surface area contributed by atoms with Crippen molar-refractivity contribution in [1.82, 2.24) is 26.6 Å². The summed E-state index contributed by atoms with van der Waals surface area (Å²) in [4.78, 5) is 68.4. The molecule has 16 nitrogen and oxygen atoms in total. The fourth-order valence-electron chi connectivity index (χ4n) is 2.77. The molecule has 0 aliphatic carbocycles. The molecule has 0 aliphatic heterocycles. The van der Waals surface area contributed by atoms with Gasteiger partial charge in [0.2, 0.25) is 29.5 Å². The monoisotopic (exact) mass is 591 g/mol. The summed E-state index contributed by atoms with van der Waals surface area (Å²) in [6.45, 7) is 5.72. The van der Waals surface area contributed by atoms with Crippen LogP contribution < -0.4 is 26.6 Å². The van der Waals surface area contributed by atoms with Gasteiger partial charge in [-0.05, 0) is 0 Å². The Labute approximate surface area is 239 Å². The number of amides is 5. The van der Waals surface area contributed by atoms with E-state index in [0.717, 1.165) is 0 Å². The molecule has 16 heteroatoms. The summed E-state index contributed by atoms with van der Waals surface area (Å²) >= 11 is 0. The Morgan fingerprint density at radius 3 is 1.51 bits per heavy atom. The molecule has 0 aliphatic rings. The van der Waals surface area contributed by atoms with Crippen LogP contribution in [-0.2, 0) is 47.7 Å². The van der Waals surface area contributed by atoms with E-state index in [-0.39, 0.29) is 95.7 Å². The van der Waals surface area contributed by atoms with Crippen LogP contribution >= 0.6 is 0 Å². The summed E-state index contributed by atoms with van der Waals surface area (Å²) in [5.74, 6) is -3.31. The van der Waals surface area contributed by atoms with Gasteiger partial charge in [-0.2, -0.15) is 0 Å². The Morgan fingerprint density at radius 2 is 1.00 bits per heavy atom. The molecule has 0 saturated heterocycles. The van der Waals surface area contributed by atoms with Crippen LogP contribution in [-0.4, -0.2) is 126 Å². The number of hydrogen-bond acceptors (Lipinski definition) is 10. The van der Waals surface area contributed by atoms with Gasteiger partial charge in [0.1, 0.15) is 13.2 Å². The summed E-state index contributed by atoms with van der Waals surface area (Å²) in [7, 11) is 0. The molecule has 236 valence electrons. The average Bonchev–Trinajstić information content (AvgIpc) is 2.93. The Bertz CT molecular complexity index is 798. The highest BCUT2D eigenvalue weighted by molar-refractivity contribution is 5.83. The number of aliphatic carboxylic acids is 1. The molecule has 0 saturated carbocycles. The summed E-state index contributed by atoms with van der Waals surface area (Å²) in [6.07, 6.45) is 0.296. The molecule has 0 aromatic heterocycles. The van der Waals surface area contributed by atoms with Gasteiger partial charge >= 0.3 is 5.97 Å². The van der Waals surface area contributed by atoms with Crippen molar-refractivity contribution in [3.63, 3.8) is 0 Å². The van der Waals surface area contributed by atoms with Crippen molar-refractivity contribution in [3.8, 4) is 0 Å². The van der Waals surface area contributed by atoms with Crippen LogP contribution in [0.4, 0.5) is 0 Å². The lowest BCUT2D eigenvalue weighted by Gasteiger charge is -2.10. The first-order chi connectivity index (χ1) is 19.6. The topological polar surface area (TPSA) is 220 Å². The lowest BCUT2D eigenvalue weighted by atomic mass is 10.1. The minimum atomic E-state index is -1.06. The zero-order valence-corrected chi connectivity index (χ0v) is 23.9. The normalized spacial score (nSPS) is 11.3. The first kappa shape index (κ1) is 37.7. The van der Waals surface area contributed by atoms with Gasteiger partial charge in [0.15, 0.2) is 0 Å². The number of carbonyl (C=O) groups is 6. The van der Waals surface area contributed by atoms with Crippen molar-refractivity contribution < 1.29 is 52.8 Å². The minimum Gasteiger partial charge on any atom is -0.481 e. The number of carbonyl (C=O) groups excluding carboxylic acids is 5. The van der Waals surface area contributed by atoms with E-state index >= 15 is 0 Å².